The Hall–Kier alpha value is -4.37. The highest BCUT2D eigenvalue weighted by atomic mass is 16.1. The number of hydrogen-bond donors (Lipinski definition) is 2. The lowest BCUT2D eigenvalue weighted by atomic mass is 10.1. The summed E-state index contributed by atoms with van der Waals surface area (Å²) in [5.74, 6) is 0.803. The predicted molar refractivity (Wildman–Crippen MR) is 137 cm³/mol. The third-order valence-corrected chi connectivity index (χ3v) is 6.37. The van der Waals surface area contributed by atoms with E-state index < -0.39 is 0 Å². The zero-order valence-corrected chi connectivity index (χ0v) is 19.3. The van der Waals surface area contributed by atoms with Gasteiger partial charge in [-0.2, -0.15) is 0 Å². The topological polar surface area (TPSA) is 103 Å². The summed E-state index contributed by atoms with van der Waals surface area (Å²) in [7, 11) is 2.11. The molecule has 0 radical (unpaired) electrons. The van der Waals surface area contributed by atoms with Crippen molar-refractivity contribution in [2.24, 2.45) is 0 Å². The summed E-state index contributed by atoms with van der Waals surface area (Å²) < 4.78 is 0. The Morgan fingerprint density at radius 3 is 2.69 bits per heavy atom. The van der Waals surface area contributed by atoms with Gasteiger partial charge in [0.1, 0.15) is 5.82 Å². The molecule has 0 atom stereocenters. The molecule has 1 aromatic carbocycles. The predicted octanol–water partition coefficient (Wildman–Crippen LogP) is 3.57. The van der Waals surface area contributed by atoms with Crippen molar-refractivity contribution >= 4 is 39.6 Å². The molecule has 35 heavy (non-hydrogen) atoms. The van der Waals surface area contributed by atoms with Gasteiger partial charge in [0, 0.05) is 67.5 Å². The van der Waals surface area contributed by atoms with Crippen LogP contribution in [-0.4, -0.2) is 69.0 Å². The molecule has 2 N–H and O–H groups in total. The Balaban J connectivity index is 1.24. The summed E-state index contributed by atoms with van der Waals surface area (Å²) in [6, 6.07) is 13.5. The summed E-state index contributed by atoms with van der Waals surface area (Å²) in [6.07, 6.45) is 7.12. The monoisotopic (exact) mass is 464 g/mol. The van der Waals surface area contributed by atoms with E-state index in [9.17, 15) is 4.79 Å². The first-order valence-corrected chi connectivity index (χ1v) is 11.5. The van der Waals surface area contributed by atoms with Crippen LogP contribution >= 0.6 is 0 Å². The number of anilines is 2. The molecule has 0 saturated carbocycles. The molecule has 0 unspecified atom stereocenters. The number of H-pyrrole nitrogens is 1. The number of carbonyl (C=O) groups is 1. The minimum Gasteiger partial charge on any atom is -0.360 e. The first-order valence-electron chi connectivity index (χ1n) is 11.5. The van der Waals surface area contributed by atoms with Crippen molar-refractivity contribution in [3.05, 3.63) is 72.8 Å². The maximum Gasteiger partial charge on any atom is 0.258 e. The Kier molecular flexibility index (Phi) is 5.31. The number of carbonyl (C=O) groups excluding carboxylic acids is 1. The van der Waals surface area contributed by atoms with E-state index in [4.69, 9.17) is 0 Å². The largest absolute Gasteiger partial charge is 0.360 e. The van der Waals surface area contributed by atoms with Crippen LogP contribution in [0.25, 0.3) is 33.1 Å². The Morgan fingerprint density at radius 1 is 0.914 bits per heavy atom. The van der Waals surface area contributed by atoms with Crippen LogP contribution in [0.2, 0.25) is 0 Å². The second kappa shape index (κ2) is 8.77. The zero-order chi connectivity index (χ0) is 23.8. The molecule has 1 saturated heterocycles. The summed E-state index contributed by atoms with van der Waals surface area (Å²) in [6.45, 7) is 3.72. The van der Waals surface area contributed by atoms with Gasteiger partial charge in [-0.25, -0.2) is 15.0 Å². The highest BCUT2D eigenvalue weighted by Crippen LogP contribution is 2.25. The van der Waals surface area contributed by atoms with Crippen LogP contribution in [0.1, 0.15) is 10.4 Å². The molecule has 9 heteroatoms. The van der Waals surface area contributed by atoms with E-state index in [1.165, 1.54) is 0 Å². The average molecular weight is 465 g/mol. The fraction of sp³-hybridized carbons (Fsp3) is 0.192. The molecular formula is C26H24N8O. The number of benzene rings is 1. The smallest absolute Gasteiger partial charge is 0.258 e. The zero-order valence-electron chi connectivity index (χ0n) is 19.3. The van der Waals surface area contributed by atoms with Gasteiger partial charge in [-0.1, -0.05) is 12.1 Å². The van der Waals surface area contributed by atoms with E-state index in [-0.39, 0.29) is 11.9 Å². The lowest BCUT2D eigenvalue weighted by molar-refractivity contribution is 0.102. The Morgan fingerprint density at radius 2 is 1.80 bits per heavy atom. The first-order chi connectivity index (χ1) is 17.1. The van der Waals surface area contributed by atoms with Gasteiger partial charge in [0.05, 0.1) is 16.6 Å². The van der Waals surface area contributed by atoms with E-state index >= 15 is 0 Å². The maximum absolute atomic E-state index is 13.0. The number of nitrogens with zero attached hydrogens (tertiary/aromatic N) is 6. The van der Waals surface area contributed by atoms with Crippen molar-refractivity contribution in [1.29, 1.82) is 0 Å². The van der Waals surface area contributed by atoms with Gasteiger partial charge in [0.15, 0.2) is 0 Å². The van der Waals surface area contributed by atoms with Gasteiger partial charge in [-0.15, -0.1) is 0 Å². The number of pyridine rings is 2. The SMILES string of the molecule is CN1CCN(c2cc(C(=O)Nc3ncc4ccc(-c5cnc6cc[nH]c6c5)cc4n3)ccn2)CC1. The number of likely N-dealkylation sites (N-methyl/N-ethyl adjacent to an activating group) is 1. The second-order valence-electron chi connectivity index (χ2n) is 8.75. The quantitative estimate of drug-likeness (QED) is 0.419. The van der Waals surface area contributed by atoms with Crippen LogP contribution in [0.4, 0.5) is 11.8 Å². The normalized spacial score (nSPS) is 14.5. The average Bonchev–Trinajstić information content (AvgIpc) is 3.37. The van der Waals surface area contributed by atoms with Crippen LogP contribution in [0.5, 0.6) is 0 Å². The molecule has 174 valence electrons. The van der Waals surface area contributed by atoms with Crippen LogP contribution < -0.4 is 10.2 Å². The highest BCUT2D eigenvalue weighted by Gasteiger charge is 2.17. The standard InChI is InChI=1S/C26H24N8O/c1-33-8-10-34(11-9-33)24-14-18(4-6-28-24)25(35)32-26-30-15-19-3-2-17(12-22(19)31-26)20-13-23-21(29-16-20)5-7-27-23/h2-7,12-16,27H,8-11H2,1H3,(H,30,31,32,35). The summed E-state index contributed by atoms with van der Waals surface area (Å²) in [5.41, 5.74) is 5.15. The second-order valence-corrected chi connectivity index (χ2v) is 8.75. The highest BCUT2D eigenvalue weighted by molar-refractivity contribution is 6.04. The number of aromatic nitrogens is 5. The van der Waals surface area contributed by atoms with Gasteiger partial charge in [-0.3, -0.25) is 15.1 Å². The molecule has 1 aliphatic heterocycles. The molecule has 0 bridgehead atoms. The van der Waals surface area contributed by atoms with Gasteiger partial charge in [0.2, 0.25) is 5.95 Å². The van der Waals surface area contributed by atoms with Crippen LogP contribution in [0.15, 0.2) is 67.3 Å². The van der Waals surface area contributed by atoms with Gasteiger partial charge in [-0.05, 0) is 42.9 Å². The lowest BCUT2D eigenvalue weighted by Crippen LogP contribution is -2.44. The molecule has 0 spiro atoms. The molecule has 5 aromatic rings. The van der Waals surface area contributed by atoms with Crippen molar-refractivity contribution in [3.63, 3.8) is 0 Å². The third-order valence-electron chi connectivity index (χ3n) is 6.37. The fourth-order valence-corrected chi connectivity index (χ4v) is 4.30. The Bertz CT molecular complexity index is 1540. The maximum atomic E-state index is 13.0. The third kappa shape index (κ3) is 4.29. The first kappa shape index (κ1) is 21.2. The van der Waals surface area contributed by atoms with Crippen molar-refractivity contribution in [2.75, 3.05) is 43.4 Å². The molecule has 9 nitrogen and oxygen atoms in total. The van der Waals surface area contributed by atoms with Crippen LogP contribution in [0.3, 0.4) is 0 Å². The number of amides is 1. The van der Waals surface area contributed by atoms with Crippen molar-refractivity contribution in [3.8, 4) is 11.1 Å². The molecule has 1 aliphatic rings. The molecule has 1 fully saturated rings. The van der Waals surface area contributed by atoms with Gasteiger partial charge < -0.3 is 14.8 Å². The van der Waals surface area contributed by atoms with Crippen molar-refractivity contribution < 1.29 is 4.79 Å². The molecule has 1 amide bonds. The number of piperazine rings is 1. The molecule has 6 rings (SSSR count). The molecular weight excluding hydrogens is 440 g/mol. The van der Waals surface area contributed by atoms with E-state index in [0.717, 1.165) is 65.1 Å². The van der Waals surface area contributed by atoms with E-state index in [1.54, 1.807) is 18.5 Å². The van der Waals surface area contributed by atoms with Gasteiger partial charge in [0.25, 0.3) is 5.91 Å². The van der Waals surface area contributed by atoms with Crippen LogP contribution in [-0.2, 0) is 0 Å². The number of aromatic amines is 1. The molecule has 0 aliphatic carbocycles. The van der Waals surface area contributed by atoms with E-state index in [2.05, 4.69) is 53.2 Å². The minimum atomic E-state index is -0.264. The van der Waals surface area contributed by atoms with E-state index in [1.807, 2.05) is 42.7 Å². The van der Waals surface area contributed by atoms with Crippen molar-refractivity contribution in [2.45, 2.75) is 0 Å². The summed E-state index contributed by atoms with van der Waals surface area (Å²) in [4.78, 5) is 38.5. The van der Waals surface area contributed by atoms with Crippen LogP contribution in [0, 0.1) is 0 Å². The lowest BCUT2D eigenvalue weighted by Gasteiger charge is -2.33. The number of nitrogens with one attached hydrogen (secondary N) is 2. The van der Waals surface area contributed by atoms with Gasteiger partial charge >= 0.3 is 0 Å². The Labute approximate surface area is 201 Å². The molecule has 4 aromatic heterocycles. The summed E-state index contributed by atoms with van der Waals surface area (Å²) in [5, 5.41) is 3.73. The number of rotatable bonds is 4. The molecule has 5 heterocycles. The number of fused-ring (bicyclic) bond motifs is 2. The number of hydrogen-bond acceptors (Lipinski definition) is 7. The fourth-order valence-electron chi connectivity index (χ4n) is 4.30. The van der Waals surface area contributed by atoms with E-state index in [0.29, 0.717) is 5.56 Å². The minimum absolute atomic E-state index is 0.260. The van der Waals surface area contributed by atoms with Crippen molar-refractivity contribution in [1.82, 2.24) is 29.8 Å². The summed E-state index contributed by atoms with van der Waals surface area (Å²) >= 11 is 0.